The molecule has 26 heavy (non-hydrogen) atoms. The molecule has 0 aromatic heterocycles. The first-order chi connectivity index (χ1) is 12.6. The number of hydrogen-bond donors (Lipinski definition) is 2. The first kappa shape index (κ1) is 24.1. The Balaban J connectivity index is 3.78. The molecule has 0 saturated heterocycles. The molecule has 0 aliphatic heterocycles. The van der Waals surface area contributed by atoms with Crippen molar-refractivity contribution >= 4 is 5.97 Å². The summed E-state index contributed by atoms with van der Waals surface area (Å²) in [4.78, 5) is 10.3. The molecule has 0 spiro atoms. The molecule has 0 aromatic carbocycles. The normalized spacial score (nSPS) is 15.2. The number of unbranched alkanes of at least 4 members (excludes halogenated alkanes) is 3. The molecular formula is C22H33O4-. The molecule has 0 saturated carbocycles. The quantitative estimate of drug-likeness (QED) is 0.266. The highest BCUT2D eigenvalue weighted by Gasteiger charge is 1.94. The fraction of sp³-hybridized carbons (Fsp3) is 0.500. The predicted molar refractivity (Wildman–Crippen MR) is 105 cm³/mol. The van der Waals surface area contributed by atoms with Gasteiger partial charge in [0.2, 0.25) is 0 Å². The SMILES string of the molecule is CC/C=C\C[C@H](O)\C=C/C=C/C=C/[C@H](O)C/C=C\CCCCCC(=O)[O-]. The van der Waals surface area contributed by atoms with Crippen molar-refractivity contribution in [2.24, 2.45) is 0 Å². The van der Waals surface area contributed by atoms with Gasteiger partial charge in [0.15, 0.2) is 0 Å². The van der Waals surface area contributed by atoms with Crippen molar-refractivity contribution < 1.29 is 20.1 Å². The number of aliphatic hydroxyl groups is 2. The van der Waals surface area contributed by atoms with Crippen LogP contribution in [-0.2, 0) is 4.79 Å². The Hall–Kier alpha value is -1.91. The molecule has 0 heterocycles. The Morgan fingerprint density at radius 1 is 0.846 bits per heavy atom. The van der Waals surface area contributed by atoms with Gasteiger partial charge >= 0.3 is 0 Å². The highest BCUT2D eigenvalue weighted by molar-refractivity contribution is 5.64. The Labute approximate surface area is 157 Å². The number of allylic oxidation sites excluding steroid dienone is 6. The summed E-state index contributed by atoms with van der Waals surface area (Å²) in [5.74, 6) is -0.986. The van der Waals surface area contributed by atoms with Crippen molar-refractivity contribution in [1.82, 2.24) is 0 Å². The van der Waals surface area contributed by atoms with E-state index in [1.807, 2.05) is 36.5 Å². The van der Waals surface area contributed by atoms with Crippen LogP contribution >= 0.6 is 0 Å². The lowest BCUT2D eigenvalue weighted by atomic mass is 10.1. The van der Waals surface area contributed by atoms with E-state index in [4.69, 9.17) is 0 Å². The van der Waals surface area contributed by atoms with Crippen molar-refractivity contribution in [3.05, 3.63) is 60.8 Å². The fourth-order valence-corrected chi connectivity index (χ4v) is 2.13. The minimum Gasteiger partial charge on any atom is -0.550 e. The van der Waals surface area contributed by atoms with E-state index in [0.717, 1.165) is 25.7 Å². The van der Waals surface area contributed by atoms with Crippen molar-refractivity contribution in [2.75, 3.05) is 0 Å². The third-order valence-electron chi connectivity index (χ3n) is 3.58. The van der Waals surface area contributed by atoms with Gasteiger partial charge in [-0.25, -0.2) is 0 Å². The summed E-state index contributed by atoms with van der Waals surface area (Å²) in [6.07, 6.45) is 23.3. The molecule has 146 valence electrons. The molecule has 2 atom stereocenters. The van der Waals surface area contributed by atoms with Crippen LogP contribution in [-0.4, -0.2) is 28.4 Å². The second-order valence-electron chi connectivity index (χ2n) is 6.08. The van der Waals surface area contributed by atoms with Crippen LogP contribution in [0.3, 0.4) is 0 Å². The molecule has 2 N–H and O–H groups in total. The van der Waals surface area contributed by atoms with E-state index in [-0.39, 0.29) is 6.42 Å². The van der Waals surface area contributed by atoms with Gasteiger partial charge in [-0.1, -0.05) is 74.1 Å². The number of carbonyl (C=O) groups is 1. The van der Waals surface area contributed by atoms with Gasteiger partial charge in [0, 0.05) is 5.97 Å². The van der Waals surface area contributed by atoms with Crippen LogP contribution in [0.2, 0.25) is 0 Å². The largest absolute Gasteiger partial charge is 0.550 e. The summed E-state index contributed by atoms with van der Waals surface area (Å²) in [5, 5.41) is 29.7. The van der Waals surface area contributed by atoms with Gasteiger partial charge in [-0.2, -0.15) is 0 Å². The topological polar surface area (TPSA) is 80.6 Å². The standard InChI is InChI=1S/C22H34O4/c1-2-3-10-15-20(23)17-12-8-9-13-18-21(24)16-11-6-4-5-7-14-19-22(25)26/h3,6,8-13,17-18,20-21,23-24H,2,4-5,7,14-16,19H2,1H3,(H,25,26)/p-1/b9-8+,10-3-,11-6-,17-12-,18-13+/t20-,21+/m0/s1. The molecular weight excluding hydrogens is 328 g/mol. The van der Waals surface area contributed by atoms with E-state index in [2.05, 4.69) is 6.92 Å². The maximum absolute atomic E-state index is 10.3. The molecule has 4 nitrogen and oxygen atoms in total. The van der Waals surface area contributed by atoms with Gasteiger partial charge < -0.3 is 20.1 Å². The van der Waals surface area contributed by atoms with E-state index < -0.39 is 18.2 Å². The highest BCUT2D eigenvalue weighted by atomic mass is 16.4. The molecule has 4 heteroatoms. The second-order valence-corrected chi connectivity index (χ2v) is 6.08. The van der Waals surface area contributed by atoms with Gasteiger partial charge in [0.05, 0.1) is 12.2 Å². The minimum atomic E-state index is -0.986. The van der Waals surface area contributed by atoms with Crippen molar-refractivity contribution in [2.45, 2.75) is 70.5 Å². The summed E-state index contributed by atoms with van der Waals surface area (Å²) in [6.45, 7) is 2.06. The van der Waals surface area contributed by atoms with Gasteiger partial charge in [0.25, 0.3) is 0 Å². The molecule has 0 aliphatic carbocycles. The molecule has 0 fully saturated rings. The number of carbonyl (C=O) groups excluding carboxylic acids is 1. The summed E-state index contributed by atoms with van der Waals surface area (Å²) < 4.78 is 0. The first-order valence-electron chi connectivity index (χ1n) is 9.43. The average Bonchev–Trinajstić information content (AvgIpc) is 2.60. The second kappa shape index (κ2) is 17.9. The summed E-state index contributed by atoms with van der Waals surface area (Å²) >= 11 is 0. The number of carboxylic acids is 1. The molecule has 0 radical (unpaired) electrons. The third-order valence-corrected chi connectivity index (χ3v) is 3.58. The van der Waals surface area contributed by atoms with Crippen LogP contribution in [0.15, 0.2) is 60.8 Å². The van der Waals surface area contributed by atoms with Crippen molar-refractivity contribution in [3.8, 4) is 0 Å². The third kappa shape index (κ3) is 18.4. The summed E-state index contributed by atoms with van der Waals surface area (Å²) in [7, 11) is 0. The molecule has 0 aromatic rings. The van der Waals surface area contributed by atoms with Gasteiger partial charge in [0.1, 0.15) is 0 Å². The van der Waals surface area contributed by atoms with Crippen molar-refractivity contribution in [3.63, 3.8) is 0 Å². The van der Waals surface area contributed by atoms with Gasteiger partial charge in [-0.15, -0.1) is 0 Å². The van der Waals surface area contributed by atoms with E-state index in [1.165, 1.54) is 0 Å². The lowest BCUT2D eigenvalue weighted by Crippen LogP contribution is -2.21. The lowest BCUT2D eigenvalue weighted by molar-refractivity contribution is -0.305. The molecule has 0 unspecified atom stereocenters. The Bertz CT molecular complexity index is 486. The zero-order valence-corrected chi connectivity index (χ0v) is 15.8. The van der Waals surface area contributed by atoms with Crippen LogP contribution in [0.1, 0.15) is 58.3 Å². The predicted octanol–water partition coefficient (Wildman–Crippen LogP) is 3.38. The molecule has 0 bridgehead atoms. The van der Waals surface area contributed by atoms with E-state index in [1.54, 1.807) is 24.3 Å². The molecule has 0 rings (SSSR count). The number of rotatable bonds is 15. The minimum absolute atomic E-state index is 0.130. The molecule has 0 amide bonds. The zero-order chi connectivity index (χ0) is 19.5. The summed E-state index contributed by atoms with van der Waals surface area (Å²) in [5.41, 5.74) is 0. The maximum Gasteiger partial charge on any atom is 0.0758 e. The number of carboxylic acid groups (broad SMARTS) is 1. The van der Waals surface area contributed by atoms with Crippen LogP contribution in [0, 0.1) is 0 Å². The number of aliphatic carboxylic acids is 1. The Morgan fingerprint density at radius 2 is 1.42 bits per heavy atom. The zero-order valence-electron chi connectivity index (χ0n) is 15.8. The lowest BCUT2D eigenvalue weighted by Gasteiger charge is -2.01. The smallest absolute Gasteiger partial charge is 0.0758 e. The number of aliphatic hydroxyl groups excluding tert-OH is 2. The van der Waals surface area contributed by atoms with E-state index >= 15 is 0 Å². The monoisotopic (exact) mass is 361 g/mol. The van der Waals surface area contributed by atoms with Crippen LogP contribution in [0.25, 0.3) is 0 Å². The van der Waals surface area contributed by atoms with E-state index in [0.29, 0.717) is 19.3 Å². The fourth-order valence-electron chi connectivity index (χ4n) is 2.13. The van der Waals surface area contributed by atoms with Crippen LogP contribution < -0.4 is 5.11 Å². The number of hydrogen-bond acceptors (Lipinski definition) is 4. The summed E-state index contributed by atoms with van der Waals surface area (Å²) in [6, 6.07) is 0. The highest BCUT2D eigenvalue weighted by Crippen LogP contribution is 2.04. The Morgan fingerprint density at radius 3 is 1.96 bits per heavy atom. The van der Waals surface area contributed by atoms with Crippen LogP contribution in [0.4, 0.5) is 0 Å². The first-order valence-corrected chi connectivity index (χ1v) is 9.43. The van der Waals surface area contributed by atoms with Crippen LogP contribution in [0.5, 0.6) is 0 Å². The molecule has 0 aliphatic rings. The van der Waals surface area contributed by atoms with Gasteiger partial charge in [-0.05, 0) is 44.9 Å². The Kier molecular flexibility index (Phi) is 16.6. The maximum atomic E-state index is 10.3. The van der Waals surface area contributed by atoms with Gasteiger partial charge in [-0.3, -0.25) is 0 Å². The van der Waals surface area contributed by atoms with E-state index in [9.17, 15) is 20.1 Å². The van der Waals surface area contributed by atoms with Crippen molar-refractivity contribution in [1.29, 1.82) is 0 Å². The average molecular weight is 362 g/mol.